The summed E-state index contributed by atoms with van der Waals surface area (Å²) in [6.45, 7) is 2.45. The summed E-state index contributed by atoms with van der Waals surface area (Å²) < 4.78 is 7.04. The molecular formula is C12H17BrN2OS. The predicted molar refractivity (Wildman–Crippen MR) is 73.3 cm³/mol. The van der Waals surface area contributed by atoms with Crippen LogP contribution in [0, 0.1) is 0 Å². The van der Waals surface area contributed by atoms with Gasteiger partial charge in [0, 0.05) is 28.5 Å². The first-order valence-electron chi connectivity index (χ1n) is 6.11. The van der Waals surface area contributed by atoms with Gasteiger partial charge in [0.15, 0.2) is 0 Å². The summed E-state index contributed by atoms with van der Waals surface area (Å²) in [5.74, 6) is 0. The Morgan fingerprint density at radius 1 is 1.53 bits per heavy atom. The number of thiophene rings is 1. The maximum atomic E-state index is 5.87. The van der Waals surface area contributed by atoms with Crippen LogP contribution in [0.15, 0.2) is 15.9 Å². The van der Waals surface area contributed by atoms with Crippen molar-refractivity contribution in [1.82, 2.24) is 4.90 Å². The first kappa shape index (κ1) is 12.1. The molecule has 1 saturated carbocycles. The molecule has 5 heteroatoms. The summed E-state index contributed by atoms with van der Waals surface area (Å²) in [7, 11) is 0. The minimum Gasteiger partial charge on any atom is -0.374 e. The van der Waals surface area contributed by atoms with Gasteiger partial charge in [-0.3, -0.25) is 4.90 Å². The Bertz CT molecular complexity index is 394. The van der Waals surface area contributed by atoms with Crippen molar-refractivity contribution < 1.29 is 4.74 Å². The fourth-order valence-corrected chi connectivity index (χ4v) is 4.38. The third-order valence-electron chi connectivity index (χ3n) is 3.55. The van der Waals surface area contributed by atoms with Crippen molar-refractivity contribution in [2.75, 3.05) is 19.7 Å². The molecule has 2 atom stereocenters. The van der Waals surface area contributed by atoms with Crippen LogP contribution >= 0.6 is 27.3 Å². The molecule has 1 aliphatic carbocycles. The van der Waals surface area contributed by atoms with Crippen LogP contribution in [-0.4, -0.2) is 36.7 Å². The van der Waals surface area contributed by atoms with Crippen molar-refractivity contribution in [2.24, 2.45) is 5.73 Å². The van der Waals surface area contributed by atoms with Crippen molar-refractivity contribution in [3.63, 3.8) is 0 Å². The highest BCUT2D eigenvalue weighted by Crippen LogP contribution is 2.42. The van der Waals surface area contributed by atoms with Gasteiger partial charge in [0.25, 0.3) is 0 Å². The van der Waals surface area contributed by atoms with Gasteiger partial charge in [0.2, 0.25) is 0 Å². The van der Waals surface area contributed by atoms with Crippen molar-refractivity contribution in [3.05, 3.63) is 20.8 Å². The average Bonchev–Trinajstić information content (AvgIpc) is 3.11. The Kier molecular flexibility index (Phi) is 3.54. The Morgan fingerprint density at radius 2 is 2.35 bits per heavy atom. The maximum absolute atomic E-state index is 5.87. The Hall–Kier alpha value is 0.0600. The summed E-state index contributed by atoms with van der Waals surface area (Å²) in [6.07, 6.45) is 2.80. The number of rotatable bonds is 3. The molecule has 1 aromatic rings. The standard InChI is InChI=1S/C12H17BrN2OS/c13-9-3-6-17-12(9)11-10(7-14)16-5-4-15(11)8-1-2-8/h3,6,8,10-11H,1-2,4-5,7,14H2. The molecule has 1 aromatic heterocycles. The van der Waals surface area contributed by atoms with Crippen LogP contribution in [0.2, 0.25) is 0 Å². The summed E-state index contributed by atoms with van der Waals surface area (Å²) in [6, 6.07) is 3.22. The zero-order valence-electron chi connectivity index (χ0n) is 9.64. The first-order chi connectivity index (χ1) is 8.31. The van der Waals surface area contributed by atoms with Gasteiger partial charge in [-0.05, 0) is 40.2 Å². The molecule has 3 nitrogen and oxygen atoms in total. The minimum absolute atomic E-state index is 0.138. The second kappa shape index (κ2) is 4.97. The highest BCUT2D eigenvalue weighted by atomic mass is 79.9. The monoisotopic (exact) mass is 316 g/mol. The molecule has 0 amide bonds. The zero-order chi connectivity index (χ0) is 11.8. The van der Waals surface area contributed by atoms with E-state index in [0.717, 1.165) is 19.2 Å². The van der Waals surface area contributed by atoms with Gasteiger partial charge in [-0.15, -0.1) is 11.3 Å². The van der Waals surface area contributed by atoms with Crippen molar-refractivity contribution in [1.29, 1.82) is 0 Å². The van der Waals surface area contributed by atoms with Crippen molar-refractivity contribution in [3.8, 4) is 0 Å². The smallest absolute Gasteiger partial charge is 0.0902 e. The fourth-order valence-electron chi connectivity index (χ4n) is 2.60. The van der Waals surface area contributed by atoms with Gasteiger partial charge in [0.1, 0.15) is 0 Å². The molecule has 1 aliphatic heterocycles. The number of ether oxygens (including phenoxy) is 1. The highest BCUT2D eigenvalue weighted by molar-refractivity contribution is 9.10. The van der Waals surface area contributed by atoms with E-state index >= 15 is 0 Å². The average molecular weight is 317 g/mol. The van der Waals surface area contributed by atoms with E-state index in [2.05, 4.69) is 32.3 Å². The molecule has 1 saturated heterocycles. The van der Waals surface area contributed by atoms with Gasteiger partial charge in [0.05, 0.1) is 18.8 Å². The molecule has 2 fully saturated rings. The number of hydrogen-bond donors (Lipinski definition) is 1. The highest BCUT2D eigenvalue weighted by Gasteiger charge is 2.41. The zero-order valence-corrected chi connectivity index (χ0v) is 12.0. The number of hydrogen-bond acceptors (Lipinski definition) is 4. The van der Waals surface area contributed by atoms with E-state index in [1.165, 1.54) is 22.2 Å². The van der Waals surface area contributed by atoms with E-state index < -0.39 is 0 Å². The summed E-state index contributed by atoms with van der Waals surface area (Å²) in [5.41, 5.74) is 5.87. The van der Waals surface area contributed by atoms with Gasteiger partial charge in [-0.25, -0.2) is 0 Å². The molecule has 94 valence electrons. The summed E-state index contributed by atoms with van der Waals surface area (Å²) in [5, 5.41) is 2.13. The molecule has 0 spiro atoms. The topological polar surface area (TPSA) is 38.5 Å². The second-order valence-corrected chi connectivity index (χ2v) is 6.49. The van der Waals surface area contributed by atoms with Crippen molar-refractivity contribution in [2.45, 2.75) is 31.0 Å². The number of morpholine rings is 1. The summed E-state index contributed by atoms with van der Waals surface area (Å²) in [4.78, 5) is 3.96. The van der Waals surface area contributed by atoms with E-state index in [1.54, 1.807) is 11.3 Å². The Morgan fingerprint density at radius 3 is 2.94 bits per heavy atom. The van der Waals surface area contributed by atoms with Crippen LogP contribution in [0.4, 0.5) is 0 Å². The SMILES string of the molecule is NCC1OCCN(C2CC2)C1c1sccc1Br. The van der Waals surface area contributed by atoms with Crippen LogP contribution in [-0.2, 0) is 4.74 Å². The number of nitrogens with two attached hydrogens (primary N) is 1. The lowest BCUT2D eigenvalue weighted by Gasteiger charge is -2.41. The second-order valence-electron chi connectivity index (χ2n) is 4.69. The molecular weight excluding hydrogens is 300 g/mol. The lowest BCUT2D eigenvalue weighted by Crippen LogP contribution is -2.48. The van der Waals surface area contributed by atoms with E-state index in [0.29, 0.717) is 12.6 Å². The molecule has 0 radical (unpaired) electrons. The van der Waals surface area contributed by atoms with E-state index in [9.17, 15) is 0 Å². The van der Waals surface area contributed by atoms with E-state index in [1.807, 2.05) is 0 Å². The quantitative estimate of drug-likeness (QED) is 0.930. The van der Waals surface area contributed by atoms with Gasteiger partial charge < -0.3 is 10.5 Å². The lowest BCUT2D eigenvalue weighted by atomic mass is 10.1. The normalized spacial score (nSPS) is 30.7. The fraction of sp³-hybridized carbons (Fsp3) is 0.667. The maximum Gasteiger partial charge on any atom is 0.0902 e. The third kappa shape index (κ3) is 2.31. The first-order valence-corrected chi connectivity index (χ1v) is 7.79. The molecule has 2 unspecified atom stereocenters. The van der Waals surface area contributed by atoms with Crippen LogP contribution in [0.1, 0.15) is 23.8 Å². The van der Waals surface area contributed by atoms with Crippen molar-refractivity contribution >= 4 is 27.3 Å². The van der Waals surface area contributed by atoms with Gasteiger partial charge in [-0.1, -0.05) is 0 Å². The van der Waals surface area contributed by atoms with Crippen LogP contribution in [0.5, 0.6) is 0 Å². The molecule has 3 rings (SSSR count). The van der Waals surface area contributed by atoms with E-state index in [4.69, 9.17) is 10.5 Å². The van der Waals surface area contributed by atoms with Gasteiger partial charge >= 0.3 is 0 Å². The van der Waals surface area contributed by atoms with Crippen LogP contribution in [0.3, 0.4) is 0 Å². The molecule has 0 bridgehead atoms. The minimum atomic E-state index is 0.138. The predicted octanol–water partition coefficient (Wildman–Crippen LogP) is 2.37. The number of nitrogens with zero attached hydrogens (tertiary/aromatic N) is 1. The Labute approximate surface area is 114 Å². The van der Waals surface area contributed by atoms with Crippen LogP contribution in [0.25, 0.3) is 0 Å². The molecule has 2 N–H and O–H groups in total. The van der Waals surface area contributed by atoms with Gasteiger partial charge in [-0.2, -0.15) is 0 Å². The Balaban J connectivity index is 1.91. The van der Waals surface area contributed by atoms with Crippen LogP contribution < -0.4 is 5.73 Å². The number of halogens is 1. The largest absolute Gasteiger partial charge is 0.374 e. The molecule has 0 aromatic carbocycles. The summed E-state index contributed by atoms with van der Waals surface area (Å²) >= 11 is 5.44. The van der Waals surface area contributed by atoms with E-state index in [-0.39, 0.29) is 6.10 Å². The molecule has 2 heterocycles. The molecule has 2 aliphatic rings. The lowest BCUT2D eigenvalue weighted by molar-refractivity contribution is -0.0702. The molecule has 17 heavy (non-hydrogen) atoms. The third-order valence-corrected chi connectivity index (χ3v) is 5.49.